The minimum absolute atomic E-state index is 0.204. The fraction of sp³-hybridized carbons (Fsp3) is 0.545. The van der Waals surface area contributed by atoms with Gasteiger partial charge in [-0.05, 0) is 17.4 Å². The van der Waals surface area contributed by atoms with Gasteiger partial charge in [0.15, 0.2) is 0 Å². The second-order valence-electron chi connectivity index (χ2n) is 4.16. The van der Waals surface area contributed by atoms with E-state index in [2.05, 4.69) is 22.4 Å². The summed E-state index contributed by atoms with van der Waals surface area (Å²) in [6.07, 6.45) is 0. The summed E-state index contributed by atoms with van der Waals surface area (Å²) < 4.78 is 0. The standard InChI is InChI=1S/C11H15NO2S/c1-8(11(13)14)9-5-12(6-9)7-10-3-2-4-15-10/h2-4,8-9H,5-7H2,1H3,(H,13,14). The molecule has 0 radical (unpaired) electrons. The molecule has 1 atom stereocenters. The van der Waals surface area contributed by atoms with E-state index < -0.39 is 5.97 Å². The quantitative estimate of drug-likeness (QED) is 0.850. The zero-order valence-corrected chi connectivity index (χ0v) is 9.54. The predicted molar refractivity (Wildman–Crippen MR) is 59.9 cm³/mol. The van der Waals surface area contributed by atoms with Gasteiger partial charge in [0.25, 0.3) is 0 Å². The van der Waals surface area contributed by atoms with Gasteiger partial charge in [-0.2, -0.15) is 0 Å². The van der Waals surface area contributed by atoms with E-state index in [1.54, 1.807) is 18.3 Å². The lowest BCUT2D eigenvalue weighted by molar-refractivity contribution is -0.145. The molecule has 0 aromatic carbocycles. The first kappa shape index (κ1) is 10.6. The molecule has 1 aromatic heterocycles. The molecule has 4 heteroatoms. The maximum Gasteiger partial charge on any atom is 0.306 e. The van der Waals surface area contributed by atoms with Crippen LogP contribution in [0.5, 0.6) is 0 Å². The van der Waals surface area contributed by atoms with E-state index in [-0.39, 0.29) is 5.92 Å². The van der Waals surface area contributed by atoms with Crippen LogP contribution >= 0.6 is 11.3 Å². The molecule has 0 aliphatic carbocycles. The van der Waals surface area contributed by atoms with Gasteiger partial charge in [0, 0.05) is 24.5 Å². The van der Waals surface area contributed by atoms with E-state index in [1.807, 2.05) is 0 Å². The third kappa shape index (κ3) is 2.38. The van der Waals surface area contributed by atoms with E-state index in [9.17, 15) is 4.79 Å². The molecule has 0 saturated carbocycles. The molecule has 3 nitrogen and oxygen atoms in total. The summed E-state index contributed by atoms with van der Waals surface area (Å²) in [5.41, 5.74) is 0. The van der Waals surface area contributed by atoms with Gasteiger partial charge >= 0.3 is 5.97 Å². The molecule has 15 heavy (non-hydrogen) atoms. The number of hydrogen-bond donors (Lipinski definition) is 1. The molecule has 82 valence electrons. The molecule has 1 unspecified atom stereocenters. The number of carboxylic acids is 1. The number of aliphatic carboxylic acids is 1. The molecule has 1 N–H and O–H groups in total. The number of hydrogen-bond acceptors (Lipinski definition) is 3. The summed E-state index contributed by atoms with van der Waals surface area (Å²) in [5, 5.41) is 10.9. The normalized spacial score (nSPS) is 19.8. The van der Waals surface area contributed by atoms with Crippen molar-refractivity contribution in [3.63, 3.8) is 0 Å². The van der Waals surface area contributed by atoms with Gasteiger partial charge in [-0.25, -0.2) is 0 Å². The number of carbonyl (C=O) groups is 1. The lowest BCUT2D eigenvalue weighted by Gasteiger charge is -2.41. The summed E-state index contributed by atoms with van der Waals surface area (Å²) in [7, 11) is 0. The first-order chi connectivity index (χ1) is 7.16. The van der Waals surface area contributed by atoms with Crippen LogP contribution in [-0.2, 0) is 11.3 Å². The van der Waals surface area contributed by atoms with Crippen LogP contribution in [0.2, 0.25) is 0 Å². The van der Waals surface area contributed by atoms with Crippen LogP contribution in [0.1, 0.15) is 11.8 Å². The van der Waals surface area contributed by atoms with Crippen molar-refractivity contribution in [1.29, 1.82) is 0 Å². The van der Waals surface area contributed by atoms with E-state index in [0.717, 1.165) is 19.6 Å². The average molecular weight is 225 g/mol. The van der Waals surface area contributed by atoms with Crippen molar-refractivity contribution in [2.24, 2.45) is 11.8 Å². The number of thiophene rings is 1. The minimum Gasteiger partial charge on any atom is -0.481 e. The van der Waals surface area contributed by atoms with Crippen LogP contribution in [0.4, 0.5) is 0 Å². The van der Waals surface area contributed by atoms with Crippen LogP contribution in [0.3, 0.4) is 0 Å². The number of nitrogens with zero attached hydrogens (tertiary/aromatic N) is 1. The van der Waals surface area contributed by atoms with E-state index in [4.69, 9.17) is 5.11 Å². The van der Waals surface area contributed by atoms with E-state index >= 15 is 0 Å². The Balaban J connectivity index is 1.76. The van der Waals surface area contributed by atoms with E-state index in [0.29, 0.717) is 5.92 Å². The molecule has 1 aromatic rings. The highest BCUT2D eigenvalue weighted by molar-refractivity contribution is 7.09. The minimum atomic E-state index is -0.671. The van der Waals surface area contributed by atoms with Crippen LogP contribution in [-0.4, -0.2) is 29.1 Å². The number of likely N-dealkylation sites (tertiary alicyclic amines) is 1. The summed E-state index contributed by atoms with van der Waals surface area (Å²) in [6.45, 7) is 4.62. The Morgan fingerprint density at radius 1 is 1.73 bits per heavy atom. The van der Waals surface area contributed by atoms with Crippen LogP contribution in [0.15, 0.2) is 17.5 Å². The molecular formula is C11H15NO2S. The van der Waals surface area contributed by atoms with Crippen molar-refractivity contribution in [2.45, 2.75) is 13.5 Å². The highest BCUT2D eigenvalue weighted by Gasteiger charge is 2.34. The van der Waals surface area contributed by atoms with Gasteiger partial charge in [0.2, 0.25) is 0 Å². The molecule has 1 saturated heterocycles. The summed E-state index contributed by atoms with van der Waals surface area (Å²) in [6, 6.07) is 4.18. The maximum atomic E-state index is 10.7. The summed E-state index contributed by atoms with van der Waals surface area (Å²) in [5.74, 6) is -0.539. The van der Waals surface area contributed by atoms with Crippen molar-refractivity contribution in [2.75, 3.05) is 13.1 Å². The number of carboxylic acid groups (broad SMARTS) is 1. The number of rotatable bonds is 4. The van der Waals surface area contributed by atoms with Gasteiger partial charge in [0.05, 0.1) is 5.92 Å². The van der Waals surface area contributed by atoms with Crippen molar-refractivity contribution in [1.82, 2.24) is 4.90 Å². The zero-order valence-electron chi connectivity index (χ0n) is 8.72. The molecule has 2 heterocycles. The Labute approximate surface area is 93.3 Å². The Morgan fingerprint density at radius 2 is 2.47 bits per heavy atom. The molecule has 0 bridgehead atoms. The smallest absolute Gasteiger partial charge is 0.306 e. The first-order valence-electron chi connectivity index (χ1n) is 5.14. The fourth-order valence-corrected chi connectivity index (χ4v) is 2.63. The second-order valence-corrected chi connectivity index (χ2v) is 5.19. The topological polar surface area (TPSA) is 40.5 Å². The first-order valence-corrected chi connectivity index (χ1v) is 6.02. The Kier molecular flexibility index (Phi) is 3.07. The van der Waals surface area contributed by atoms with Crippen LogP contribution in [0, 0.1) is 11.8 Å². The molecular weight excluding hydrogens is 210 g/mol. The average Bonchev–Trinajstić information content (AvgIpc) is 2.61. The van der Waals surface area contributed by atoms with Gasteiger partial charge in [-0.3, -0.25) is 9.69 Å². The Hall–Kier alpha value is -0.870. The van der Waals surface area contributed by atoms with Crippen LogP contribution < -0.4 is 0 Å². The molecule has 0 amide bonds. The lowest BCUT2D eigenvalue weighted by Crippen LogP contribution is -2.50. The second kappa shape index (κ2) is 4.33. The van der Waals surface area contributed by atoms with E-state index in [1.165, 1.54) is 4.88 Å². The molecule has 1 aliphatic rings. The predicted octanol–water partition coefficient (Wildman–Crippen LogP) is 1.90. The molecule has 2 rings (SSSR count). The highest BCUT2D eigenvalue weighted by atomic mass is 32.1. The maximum absolute atomic E-state index is 10.7. The zero-order chi connectivity index (χ0) is 10.8. The molecule has 1 fully saturated rings. The highest BCUT2D eigenvalue weighted by Crippen LogP contribution is 2.26. The third-order valence-corrected chi connectivity index (χ3v) is 3.90. The van der Waals surface area contributed by atoms with Crippen molar-refractivity contribution >= 4 is 17.3 Å². The van der Waals surface area contributed by atoms with Crippen LogP contribution in [0.25, 0.3) is 0 Å². The van der Waals surface area contributed by atoms with Gasteiger partial charge in [-0.15, -0.1) is 11.3 Å². The van der Waals surface area contributed by atoms with Crippen molar-refractivity contribution in [3.05, 3.63) is 22.4 Å². The SMILES string of the molecule is CC(C(=O)O)C1CN(Cc2cccs2)C1. The molecule has 1 aliphatic heterocycles. The largest absolute Gasteiger partial charge is 0.481 e. The van der Waals surface area contributed by atoms with Gasteiger partial charge < -0.3 is 5.11 Å². The van der Waals surface area contributed by atoms with Gasteiger partial charge in [0.1, 0.15) is 0 Å². The summed E-state index contributed by atoms with van der Waals surface area (Å²) >= 11 is 1.76. The monoisotopic (exact) mass is 225 g/mol. The van der Waals surface area contributed by atoms with Crippen molar-refractivity contribution in [3.8, 4) is 0 Å². The third-order valence-electron chi connectivity index (χ3n) is 3.04. The lowest BCUT2D eigenvalue weighted by atomic mass is 9.87. The fourth-order valence-electron chi connectivity index (χ4n) is 1.88. The van der Waals surface area contributed by atoms with Gasteiger partial charge in [-0.1, -0.05) is 13.0 Å². The molecule has 0 spiro atoms. The summed E-state index contributed by atoms with van der Waals surface area (Å²) in [4.78, 5) is 14.4. The Bertz CT molecular complexity index is 330. The van der Waals surface area contributed by atoms with Crippen molar-refractivity contribution < 1.29 is 9.90 Å². The Morgan fingerprint density at radius 3 is 3.00 bits per heavy atom.